The van der Waals surface area contributed by atoms with E-state index in [9.17, 15) is 18.0 Å². The summed E-state index contributed by atoms with van der Waals surface area (Å²) in [5.41, 5.74) is -0.582. The van der Waals surface area contributed by atoms with Gasteiger partial charge in [0.15, 0.2) is 0 Å². The number of ether oxygens (including phenoxy) is 1. The van der Waals surface area contributed by atoms with E-state index in [0.29, 0.717) is 43.9 Å². The van der Waals surface area contributed by atoms with Crippen LogP contribution in [0.1, 0.15) is 36.8 Å². The Morgan fingerprint density at radius 1 is 1.19 bits per heavy atom. The monoisotopic (exact) mass is 453 g/mol. The summed E-state index contributed by atoms with van der Waals surface area (Å²) >= 11 is 0. The van der Waals surface area contributed by atoms with Crippen molar-refractivity contribution in [3.63, 3.8) is 0 Å². The van der Waals surface area contributed by atoms with Crippen molar-refractivity contribution >= 4 is 17.5 Å². The van der Waals surface area contributed by atoms with E-state index in [-0.39, 0.29) is 30.0 Å². The molecule has 11 heteroatoms. The molecule has 0 unspecified atom stereocenters. The molecule has 1 aromatic carbocycles. The van der Waals surface area contributed by atoms with Crippen LogP contribution in [0.5, 0.6) is 5.88 Å². The highest BCUT2D eigenvalue weighted by Gasteiger charge is 2.32. The van der Waals surface area contributed by atoms with E-state index in [4.69, 9.17) is 9.84 Å². The van der Waals surface area contributed by atoms with Crippen LogP contribution < -0.4 is 20.7 Å². The predicted octanol–water partition coefficient (Wildman–Crippen LogP) is 3.72. The molecule has 32 heavy (non-hydrogen) atoms. The number of carbonyl (C=O) groups excluding carboxylic acids is 1. The Hall–Kier alpha value is -3.08. The van der Waals surface area contributed by atoms with Crippen molar-refractivity contribution in [3.8, 4) is 5.88 Å². The fourth-order valence-corrected chi connectivity index (χ4v) is 3.54. The molecule has 0 aliphatic heterocycles. The first-order valence-electron chi connectivity index (χ1n) is 10.3. The van der Waals surface area contributed by atoms with E-state index in [1.807, 2.05) is 0 Å². The average Bonchev–Trinajstić information content (AvgIpc) is 2.74. The zero-order valence-corrected chi connectivity index (χ0v) is 17.6. The molecule has 2 amide bonds. The summed E-state index contributed by atoms with van der Waals surface area (Å²) in [7, 11) is 0. The molecule has 0 saturated heterocycles. The minimum absolute atomic E-state index is 0.0157. The smallest absolute Gasteiger partial charge is 0.416 e. The van der Waals surface area contributed by atoms with Crippen LogP contribution in [0.4, 0.5) is 29.5 Å². The Labute approximate surface area is 183 Å². The molecule has 1 fully saturated rings. The molecule has 2 aromatic rings. The van der Waals surface area contributed by atoms with Gasteiger partial charge < -0.3 is 25.8 Å². The second kappa shape index (κ2) is 10.5. The van der Waals surface area contributed by atoms with E-state index in [1.54, 1.807) is 6.07 Å². The molecule has 0 radical (unpaired) electrons. The fourth-order valence-electron chi connectivity index (χ4n) is 3.54. The maximum atomic E-state index is 13.0. The van der Waals surface area contributed by atoms with Gasteiger partial charge in [-0.3, -0.25) is 0 Å². The summed E-state index contributed by atoms with van der Waals surface area (Å²) in [6, 6.07) is 4.73. The van der Waals surface area contributed by atoms with Crippen LogP contribution >= 0.6 is 0 Å². The van der Waals surface area contributed by atoms with E-state index in [1.165, 1.54) is 25.4 Å². The Balaban J connectivity index is 1.46. The zero-order valence-electron chi connectivity index (χ0n) is 17.6. The summed E-state index contributed by atoms with van der Waals surface area (Å²) in [6.07, 6.45) is -0.448. The lowest BCUT2D eigenvalue weighted by Crippen LogP contribution is -2.41. The van der Waals surface area contributed by atoms with Crippen LogP contribution in [0.2, 0.25) is 0 Å². The number of amides is 2. The molecule has 1 heterocycles. The minimum Gasteiger partial charge on any atom is -0.474 e. The lowest BCUT2D eigenvalue weighted by atomic mass is 9.93. The number of rotatable bonds is 7. The van der Waals surface area contributed by atoms with Gasteiger partial charge in [-0.25, -0.2) is 14.8 Å². The van der Waals surface area contributed by atoms with Gasteiger partial charge >= 0.3 is 12.2 Å². The van der Waals surface area contributed by atoms with Crippen molar-refractivity contribution < 1.29 is 27.8 Å². The SMILES string of the molecule is Cc1ccc(NC(=O)N[C@H]2CC[C@H](Oc3cc(NCCO)ncn3)CC2)cc1C(F)(F)F. The molecule has 1 aliphatic carbocycles. The molecule has 8 nitrogen and oxygen atoms in total. The number of alkyl halides is 3. The molecular formula is C21H26F3N5O3. The number of hydrogen-bond donors (Lipinski definition) is 4. The third kappa shape index (κ3) is 6.71. The lowest BCUT2D eigenvalue weighted by molar-refractivity contribution is -0.138. The number of aryl methyl sites for hydroxylation is 1. The van der Waals surface area contributed by atoms with E-state index in [0.717, 1.165) is 6.07 Å². The molecule has 1 aliphatic rings. The van der Waals surface area contributed by atoms with Crippen molar-refractivity contribution in [2.24, 2.45) is 0 Å². The summed E-state index contributed by atoms with van der Waals surface area (Å²) in [4.78, 5) is 20.4. The molecule has 174 valence electrons. The average molecular weight is 453 g/mol. The minimum atomic E-state index is -4.48. The van der Waals surface area contributed by atoms with Crippen LogP contribution in [0.25, 0.3) is 0 Å². The largest absolute Gasteiger partial charge is 0.474 e. The summed E-state index contributed by atoms with van der Waals surface area (Å²) in [5, 5.41) is 17.1. The zero-order chi connectivity index (χ0) is 23.1. The number of aliphatic hydroxyl groups excluding tert-OH is 1. The predicted molar refractivity (Wildman–Crippen MR) is 113 cm³/mol. The van der Waals surface area contributed by atoms with Crippen LogP contribution in [0, 0.1) is 6.92 Å². The number of urea groups is 1. The Morgan fingerprint density at radius 2 is 1.94 bits per heavy atom. The quantitative estimate of drug-likeness (QED) is 0.509. The number of nitrogens with one attached hydrogen (secondary N) is 3. The van der Waals surface area contributed by atoms with Crippen LogP contribution in [0.15, 0.2) is 30.6 Å². The summed E-state index contributed by atoms with van der Waals surface area (Å²) < 4.78 is 45.0. The molecule has 1 aromatic heterocycles. The molecular weight excluding hydrogens is 427 g/mol. The summed E-state index contributed by atoms with van der Waals surface area (Å²) in [5.74, 6) is 0.982. The van der Waals surface area contributed by atoms with Gasteiger partial charge in [-0.2, -0.15) is 13.2 Å². The number of anilines is 2. The number of benzene rings is 1. The molecule has 0 atom stereocenters. The van der Waals surface area contributed by atoms with Crippen molar-refractivity contribution in [1.82, 2.24) is 15.3 Å². The third-order valence-electron chi connectivity index (χ3n) is 5.16. The van der Waals surface area contributed by atoms with Crippen molar-refractivity contribution in [1.29, 1.82) is 0 Å². The van der Waals surface area contributed by atoms with Gasteiger partial charge in [0.25, 0.3) is 0 Å². The molecule has 1 saturated carbocycles. The van der Waals surface area contributed by atoms with Gasteiger partial charge in [-0.05, 0) is 50.3 Å². The van der Waals surface area contributed by atoms with Gasteiger partial charge in [0.05, 0.1) is 12.2 Å². The maximum absolute atomic E-state index is 13.0. The van der Waals surface area contributed by atoms with Gasteiger partial charge in [0.2, 0.25) is 5.88 Å². The van der Waals surface area contributed by atoms with Crippen molar-refractivity contribution in [2.75, 3.05) is 23.8 Å². The highest BCUT2D eigenvalue weighted by molar-refractivity contribution is 5.89. The second-order valence-electron chi connectivity index (χ2n) is 7.61. The number of carbonyl (C=O) groups is 1. The number of hydrogen-bond acceptors (Lipinski definition) is 6. The van der Waals surface area contributed by atoms with Gasteiger partial charge in [-0.1, -0.05) is 6.07 Å². The summed E-state index contributed by atoms with van der Waals surface area (Å²) in [6.45, 7) is 1.73. The molecule has 3 rings (SSSR count). The maximum Gasteiger partial charge on any atom is 0.416 e. The number of aromatic nitrogens is 2. The van der Waals surface area contributed by atoms with E-state index >= 15 is 0 Å². The standard InChI is InChI=1S/C21H26F3N5O3/c1-13-2-3-15(10-17(13)21(22,23)24)29-20(31)28-14-4-6-16(7-5-14)32-19-11-18(25-8-9-30)26-12-27-19/h2-3,10-12,14,16,30H,4-9H2,1H3,(H,25,26,27)(H2,28,29,31)/t14-,16-. The third-order valence-corrected chi connectivity index (χ3v) is 5.16. The first kappa shape index (κ1) is 23.6. The normalized spacial score (nSPS) is 18.7. The highest BCUT2D eigenvalue weighted by atomic mass is 19.4. The number of nitrogens with zero attached hydrogens (tertiary/aromatic N) is 2. The fraction of sp³-hybridized carbons (Fsp3) is 0.476. The molecule has 0 bridgehead atoms. The van der Waals surface area contributed by atoms with E-state index < -0.39 is 17.8 Å². The first-order chi connectivity index (χ1) is 15.2. The van der Waals surface area contributed by atoms with Crippen LogP contribution in [-0.2, 0) is 6.18 Å². The first-order valence-corrected chi connectivity index (χ1v) is 10.3. The van der Waals surface area contributed by atoms with Gasteiger partial charge in [0, 0.05) is 24.3 Å². The second-order valence-corrected chi connectivity index (χ2v) is 7.61. The molecule has 0 spiro atoms. The van der Waals surface area contributed by atoms with Gasteiger partial charge in [-0.15, -0.1) is 0 Å². The van der Waals surface area contributed by atoms with Crippen LogP contribution in [-0.4, -0.2) is 46.4 Å². The topological polar surface area (TPSA) is 108 Å². The number of halogens is 3. The van der Waals surface area contributed by atoms with E-state index in [2.05, 4.69) is 25.9 Å². The van der Waals surface area contributed by atoms with Crippen molar-refractivity contribution in [2.45, 2.75) is 50.9 Å². The Kier molecular flexibility index (Phi) is 7.73. The highest BCUT2D eigenvalue weighted by Crippen LogP contribution is 2.33. The van der Waals surface area contributed by atoms with Gasteiger partial charge in [0.1, 0.15) is 18.2 Å². The lowest BCUT2D eigenvalue weighted by Gasteiger charge is -2.29. The Bertz CT molecular complexity index is 918. The number of aliphatic hydroxyl groups is 1. The Morgan fingerprint density at radius 3 is 2.62 bits per heavy atom. The van der Waals surface area contributed by atoms with Crippen molar-refractivity contribution in [3.05, 3.63) is 41.7 Å². The van der Waals surface area contributed by atoms with Crippen LogP contribution in [0.3, 0.4) is 0 Å². The molecule has 4 N–H and O–H groups in total.